The maximum atomic E-state index is 13.3. The van der Waals surface area contributed by atoms with Gasteiger partial charge in [0.25, 0.3) is 5.56 Å². The molecule has 0 radical (unpaired) electrons. The smallest absolute Gasteiger partial charge is 0.269 e. The molecule has 1 saturated heterocycles. The number of halogens is 1. The Balaban J connectivity index is 2.18. The second kappa shape index (κ2) is 7.85. The zero-order valence-electron chi connectivity index (χ0n) is 16.1. The van der Waals surface area contributed by atoms with Gasteiger partial charge in [0.15, 0.2) is 0 Å². The summed E-state index contributed by atoms with van der Waals surface area (Å²) < 4.78 is 2.21. The van der Waals surface area contributed by atoms with Crippen molar-refractivity contribution in [1.82, 2.24) is 9.55 Å². The van der Waals surface area contributed by atoms with E-state index in [1.165, 1.54) is 6.42 Å². The summed E-state index contributed by atoms with van der Waals surface area (Å²) in [7, 11) is 0. The minimum absolute atomic E-state index is 0.0942. The van der Waals surface area contributed by atoms with Crippen LogP contribution in [0, 0.1) is 11.3 Å². The Bertz CT molecular complexity index is 931. The SMILES string of the molecule is CC(C)(C)c1nc(N2CCCCC2)n(Cc2ccccc2C#N)c(=O)c1Br. The number of hydrogen-bond donors (Lipinski definition) is 0. The molecule has 0 saturated carbocycles. The Morgan fingerprint density at radius 1 is 1.19 bits per heavy atom. The van der Waals surface area contributed by atoms with Gasteiger partial charge in [0.1, 0.15) is 4.47 Å². The lowest BCUT2D eigenvalue weighted by atomic mass is 9.92. The van der Waals surface area contributed by atoms with Gasteiger partial charge < -0.3 is 4.90 Å². The molecule has 0 aliphatic carbocycles. The molecule has 1 aromatic heterocycles. The van der Waals surface area contributed by atoms with E-state index in [4.69, 9.17) is 4.98 Å². The summed E-state index contributed by atoms with van der Waals surface area (Å²) >= 11 is 3.49. The molecule has 3 rings (SSSR count). The van der Waals surface area contributed by atoms with E-state index in [0.29, 0.717) is 22.5 Å². The summed E-state index contributed by atoms with van der Waals surface area (Å²) in [5.74, 6) is 0.709. The molecule has 142 valence electrons. The highest BCUT2D eigenvalue weighted by Crippen LogP contribution is 2.29. The molecule has 6 heteroatoms. The van der Waals surface area contributed by atoms with Crippen molar-refractivity contribution in [2.24, 2.45) is 0 Å². The van der Waals surface area contributed by atoms with Gasteiger partial charge in [0, 0.05) is 18.5 Å². The fraction of sp³-hybridized carbons (Fsp3) is 0.476. The van der Waals surface area contributed by atoms with Crippen LogP contribution < -0.4 is 10.5 Å². The van der Waals surface area contributed by atoms with E-state index in [9.17, 15) is 10.1 Å². The van der Waals surface area contributed by atoms with Crippen LogP contribution >= 0.6 is 15.9 Å². The molecule has 0 bridgehead atoms. The second-order valence-corrected chi connectivity index (χ2v) is 8.83. The van der Waals surface area contributed by atoms with Gasteiger partial charge in [-0.2, -0.15) is 5.26 Å². The Morgan fingerprint density at radius 2 is 1.85 bits per heavy atom. The van der Waals surface area contributed by atoms with Crippen LogP contribution in [0.4, 0.5) is 5.95 Å². The van der Waals surface area contributed by atoms with Crippen molar-refractivity contribution in [2.75, 3.05) is 18.0 Å². The maximum absolute atomic E-state index is 13.3. The molecule has 2 heterocycles. The number of nitriles is 1. The van der Waals surface area contributed by atoms with E-state index in [1.54, 1.807) is 10.6 Å². The van der Waals surface area contributed by atoms with E-state index in [2.05, 4.69) is 47.7 Å². The normalized spacial score (nSPS) is 14.9. The third-order valence-electron chi connectivity index (χ3n) is 4.91. The van der Waals surface area contributed by atoms with Crippen LogP contribution in [-0.2, 0) is 12.0 Å². The van der Waals surface area contributed by atoms with Crippen LogP contribution in [0.3, 0.4) is 0 Å². The van der Waals surface area contributed by atoms with Crippen molar-refractivity contribution in [3.8, 4) is 6.07 Å². The molecule has 5 nitrogen and oxygen atoms in total. The fourth-order valence-corrected chi connectivity index (χ4v) is 4.33. The molecule has 0 atom stereocenters. The summed E-state index contributed by atoms with van der Waals surface area (Å²) in [6.07, 6.45) is 3.41. The summed E-state index contributed by atoms with van der Waals surface area (Å²) in [6.45, 7) is 8.33. The van der Waals surface area contributed by atoms with E-state index in [0.717, 1.165) is 37.2 Å². The molecule has 1 aromatic carbocycles. The third kappa shape index (κ3) is 4.08. The monoisotopic (exact) mass is 428 g/mol. The first-order chi connectivity index (χ1) is 12.8. The van der Waals surface area contributed by atoms with Crippen LogP contribution in [0.1, 0.15) is 56.9 Å². The highest BCUT2D eigenvalue weighted by Gasteiger charge is 2.27. The first kappa shape index (κ1) is 19.6. The van der Waals surface area contributed by atoms with Crippen molar-refractivity contribution in [2.45, 2.75) is 52.0 Å². The van der Waals surface area contributed by atoms with E-state index < -0.39 is 0 Å². The molecule has 1 aliphatic rings. The van der Waals surface area contributed by atoms with Crippen molar-refractivity contribution in [3.63, 3.8) is 0 Å². The van der Waals surface area contributed by atoms with Gasteiger partial charge in [0.05, 0.1) is 23.9 Å². The number of anilines is 1. The molecular formula is C21H25BrN4O. The number of rotatable bonds is 3. The molecule has 0 N–H and O–H groups in total. The average molecular weight is 429 g/mol. The molecular weight excluding hydrogens is 404 g/mol. The maximum Gasteiger partial charge on any atom is 0.269 e. The highest BCUT2D eigenvalue weighted by atomic mass is 79.9. The number of piperidine rings is 1. The Kier molecular flexibility index (Phi) is 5.71. The lowest BCUT2D eigenvalue weighted by Gasteiger charge is -2.31. The molecule has 2 aromatic rings. The Morgan fingerprint density at radius 3 is 2.48 bits per heavy atom. The topological polar surface area (TPSA) is 61.9 Å². The summed E-state index contributed by atoms with van der Waals surface area (Å²) in [5.41, 5.74) is 1.86. The summed E-state index contributed by atoms with van der Waals surface area (Å²) in [6, 6.07) is 9.64. The van der Waals surface area contributed by atoms with Crippen LogP contribution in [0.25, 0.3) is 0 Å². The van der Waals surface area contributed by atoms with Crippen molar-refractivity contribution >= 4 is 21.9 Å². The van der Waals surface area contributed by atoms with Gasteiger partial charge in [0.2, 0.25) is 5.95 Å². The van der Waals surface area contributed by atoms with Crippen LogP contribution in [0.15, 0.2) is 33.5 Å². The number of benzene rings is 1. The lowest BCUT2D eigenvalue weighted by Crippen LogP contribution is -2.38. The minimum Gasteiger partial charge on any atom is -0.342 e. The quantitative estimate of drug-likeness (QED) is 0.733. The van der Waals surface area contributed by atoms with Crippen LogP contribution in [0.5, 0.6) is 0 Å². The Labute approximate surface area is 168 Å². The van der Waals surface area contributed by atoms with E-state index in [1.807, 2.05) is 18.2 Å². The minimum atomic E-state index is -0.244. The van der Waals surface area contributed by atoms with Crippen molar-refractivity contribution in [3.05, 3.63) is 55.9 Å². The summed E-state index contributed by atoms with van der Waals surface area (Å²) in [5, 5.41) is 9.42. The second-order valence-electron chi connectivity index (χ2n) is 8.03. The van der Waals surface area contributed by atoms with Crippen molar-refractivity contribution in [1.29, 1.82) is 5.26 Å². The van der Waals surface area contributed by atoms with Gasteiger partial charge >= 0.3 is 0 Å². The predicted octanol–water partition coefficient (Wildman–Crippen LogP) is 4.21. The van der Waals surface area contributed by atoms with Gasteiger partial charge in [-0.1, -0.05) is 39.0 Å². The van der Waals surface area contributed by atoms with Gasteiger partial charge in [-0.15, -0.1) is 0 Å². The zero-order chi connectivity index (χ0) is 19.6. The van der Waals surface area contributed by atoms with Gasteiger partial charge in [-0.05, 0) is 46.8 Å². The highest BCUT2D eigenvalue weighted by molar-refractivity contribution is 9.10. The standard InChI is InChI=1S/C21H25BrN4O/c1-21(2,3)18-17(22)19(27)26(14-16-10-6-5-9-15(16)13-23)20(24-18)25-11-7-4-8-12-25/h5-6,9-10H,4,7-8,11-12,14H2,1-3H3. The lowest BCUT2D eigenvalue weighted by molar-refractivity contribution is 0.525. The average Bonchev–Trinajstić information content (AvgIpc) is 2.65. The molecule has 1 fully saturated rings. The predicted molar refractivity (Wildman–Crippen MR) is 111 cm³/mol. The first-order valence-corrected chi connectivity index (χ1v) is 10.2. The third-order valence-corrected chi connectivity index (χ3v) is 5.62. The number of nitrogens with zero attached hydrogens (tertiary/aromatic N) is 4. The van der Waals surface area contributed by atoms with Crippen LogP contribution in [-0.4, -0.2) is 22.6 Å². The van der Waals surface area contributed by atoms with Gasteiger partial charge in [-0.3, -0.25) is 9.36 Å². The van der Waals surface area contributed by atoms with Gasteiger partial charge in [-0.25, -0.2) is 4.98 Å². The van der Waals surface area contributed by atoms with E-state index >= 15 is 0 Å². The Hall–Kier alpha value is -2.13. The fourth-order valence-electron chi connectivity index (χ4n) is 3.43. The van der Waals surface area contributed by atoms with Crippen molar-refractivity contribution < 1.29 is 0 Å². The largest absolute Gasteiger partial charge is 0.342 e. The zero-order valence-corrected chi connectivity index (χ0v) is 17.7. The van der Waals surface area contributed by atoms with Crippen LogP contribution in [0.2, 0.25) is 0 Å². The molecule has 27 heavy (non-hydrogen) atoms. The van der Waals surface area contributed by atoms with E-state index in [-0.39, 0.29) is 11.0 Å². The molecule has 0 spiro atoms. The number of aromatic nitrogens is 2. The molecule has 0 unspecified atom stereocenters. The molecule has 1 aliphatic heterocycles. The first-order valence-electron chi connectivity index (χ1n) is 9.36. The molecule has 0 amide bonds. The number of hydrogen-bond acceptors (Lipinski definition) is 4. The summed E-state index contributed by atoms with van der Waals surface area (Å²) in [4.78, 5) is 20.4.